The molecular formula is C60H42N2. The Morgan fingerprint density at radius 2 is 0.500 bits per heavy atom. The first-order valence-corrected chi connectivity index (χ1v) is 21.2. The van der Waals surface area contributed by atoms with E-state index in [0.29, 0.717) is 0 Å². The van der Waals surface area contributed by atoms with Crippen LogP contribution >= 0.6 is 0 Å². The maximum Gasteiger partial charge on any atom is 0.0541 e. The molecule has 2 nitrogen and oxygen atoms in total. The largest absolute Gasteiger partial charge is 0.311 e. The van der Waals surface area contributed by atoms with Crippen LogP contribution in [0.4, 0.5) is 17.1 Å². The van der Waals surface area contributed by atoms with Crippen molar-refractivity contribution in [1.82, 2.24) is 4.57 Å². The van der Waals surface area contributed by atoms with Gasteiger partial charge in [0.1, 0.15) is 0 Å². The van der Waals surface area contributed by atoms with Gasteiger partial charge in [-0.05, 0) is 122 Å². The summed E-state index contributed by atoms with van der Waals surface area (Å²) >= 11 is 0. The summed E-state index contributed by atoms with van der Waals surface area (Å²) in [5, 5.41) is 2.51. The van der Waals surface area contributed by atoms with Crippen molar-refractivity contribution in [2.45, 2.75) is 0 Å². The van der Waals surface area contributed by atoms with Gasteiger partial charge in [-0.1, -0.05) is 188 Å². The lowest BCUT2D eigenvalue weighted by Gasteiger charge is -2.26. The van der Waals surface area contributed by atoms with E-state index < -0.39 is 0 Å². The first-order valence-electron chi connectivity index (χ1n) is 21.2. The molecule has 1 aromatic heterocycles. The smallest absolute Gasteiger partial charge is 0.0541 e. The SMILES string of the molecule is c1ccc(-c2ccc(-c3ccc(N(c4ccc(-c5ccccc5)cc4)c4ccc(-c5cc(-c6ccccc6)cc(-n6c7ccccc7c7ccccc76)c5)cc4)cc3)cc2)cc1. The fourth-order valence-corrected chi connectivity index (χ4v) is 8.88. The molecule has 0 unspecified atom stereocenters. The number of aromatic nitrogens is 1. The maximum absolute atomic E-state index is 2.41. The zero-order valence-electron chi connectivity index (χ0n) is 34.1. The molecule has 0 fully saturated rings. The summed E-state index contributed by atoms with van der Waals surface area (Å²) in [6, 6.07) is 92.0. The fourth-order valence-electron chi connectivity index (χ4n) is 8.88. The summed E-state index contributed by atoms with van der Waals surface area (Å²) in [5.74, 6) is 0. The number of nitrogens with zero attached hydrogens (tertiary/aromatic N) is 2. The summed E-state index contributed by atoms with van der Waals surface area (Å²) in [4.78, 5) is 2.35. The minimum atomic E-state index is 1.09. The first-order chi connectivity index (χ1) is 30.7. The third-order valence-electron chi connectivity index (χ3n) is 12.0. The highest BCUT2D eigenvalue weighted by molar-refractivity contribution is 6.09. The van der Waals surface area contributed by atoms with Gasteiger partial charge in [0.2, 0.25) is 0 Å². The van der Waals surface area contributed by atoms with E-state index in [9.17, 15) is 0 Å². The van der Waals surface area contributed by atoms with Crippen LogP contribution in [0.25, 0.3) is 83.1 Å². The lowest BCUT2D eigenvalue weighted by molar-refractivity contribution is 1.18. The lowest BCUT2D eigenvalue weighted by atomic mass is 9.97. The molecule has 0 radical (unpaired) electrons. The van der Waals surface area contributed by atoms with Crippen LogP contribution in [0.15, 0.2) is 255 Å². The van der Waals surface area contributed by atoms with Crippen molar-refractivity contribution in [2.24, 2.45) is 0 Å². The molecule has 0 spiro atoms. The first kappa shape index (κ1) is 36.8. The Morgan fingerprint density at radius 1 is 0.226 bits per heavy atom. The predicted octanol–water partition coefficient (Wildman–Crippen LogP) is 16.6. The van der Waals surface area contributed by atoms with Gasteiger partial charge in [0.25, 0.3) is 0 Å². The van der Waals surface area contributed by atoms with E-state index in [-0.39, 0.29) is 0 Å². The predicted molar refractivity (Wildman–Crippen MR) is 263 cm³/mol. The van der Waals surface area contributed by atoms with Gasteiger partial charge in [0.05, 0.1) is 11.0 Å². The number of hydrogen-bond donors (Lipinski definition) is 0. The van der Waals surface area contributed by atoms with Crippen LogP contribution in [-0.4, -0.2) is 4.57 Å². The molecule has 2 heteroatoms. The fraction of sp³-hybridized carbons (Fsp3) is 0. The van der Waals surface area contributed by atoms with Crippen molar-refractivity contribution in [3.05, 3.63) is 255 Å². The molecule has 0 aliphatic heterocycles. The van der Waals surface area contributed by atoms with Crippen molar-refractivity contribution < 1.29 is 0 Å². The molecule has 0 bridgehead atoms. The van der Waals surface area contributed by atoms with Gasteiger partial charge >= 0.3 is 0 Å². The molecule has 0 atom stereocenters. The van der Waals surface area contributed by atoms with Crippen LogP contribution in [-0.2, 0) is 0 Å². The van der Waals surface area contributed by atoms with E-state index in [1.807, 2.05) is 0 Å². The highest BCUT2D eigenvalue weighted by atomic mass is 15.1. The second-order valence-electron chi connectivity index (χ2n) is 15.8. The molecule has 0 aliphatic rings. The summed E-state index contributed by atoms with van der Waals surface area (Å²) in [5.41, 5.74) is 18.7. The molecule has 11 rings (SSSR count). The highest BCUT2D eigenvalue weighted by Crippen LogP contribution is 2.40. The molecule has 11 aromatic rings. The molecule has 0 saturated carbocycles. The molecule has 292 valence electrons. The van der Waals surface area contributed by atoms with Crippen molar-refractivity contribution >= 4 is 38.9 Å². The molecule has 10 aromatic carbocycles. The summed E-state index contributed by atoms with van der Waals surface area (Å²) in [6.45, 7) is 0. The van der Waals surface area contributed by atoms with Gasteiger partial charge < -0.3 is 9.47 Å². The number of benzene rings is 10. The van der Waals surface area contributed by atoms with E-state index in [0.717, 1.165) is 33.9 Å². The molecular weight excluding hydrogens is 749 g/mol. The van der Waals surface area contributed by atoms with E-state index in [1.165, 1.54) is 66.3 Å². The molecule has 0 amide bonds. The van der Waals surface area contributed by atoms with Crippen molar-refractivity contribution in [3.8, 4) is 61.3 Å². The minimum Gasteiger partial charge on any atom is -0.311 e. The monoisotopic (exact) mass is 790 g/mol. The van der Waals surface area contributed by atoms with Gasteiger partial charge in [-0.2, -0.15) is 0 Å². The normalized spacial score (nSPS) is 11.2. The molecule has 62 heavy (non-hydrogen) atoms. The van der Waals surface area contributed by atoms with E-state index in [1.54, 1.807) is 0 Å². The second-order valence-corrected chi connectivity index (χ2v) is 15.8. The second kappa shape index (κ2) is 16.1. The van der Waals surface area contributed by atoms with E-state index in [2.05, 4.69) is 264 Å². The summed E-state index contributed by atoms with van der Waals surface area (Å²) in [7, 11) is 0. The standard InChI is InChI=1S/C60H42N2/c1-4-14-43(15-5-1)46-24-26-47(27-25-46)49-30-36-54(37-31-49)61(53-34-28-48(29-35-53)44-16-6-2-7-17-44)55-38-32-50(33-39-55)52-40-51(45-18-8-3-9-19-45)41-56(42-52)62-59-22-12-10-20-57(59)58-21-11-13-23-60(58)62/h1-42H. The van der Waals surface area contributed by atoms with Crippen LogP contribution in [0.5, 0.6) is 0 Å². The Labute approximate surface area is 362 Å². The van der Waals surface area contributed by atoms with Crippen molar-refractivity contribution in [1.29, 1.82) is 0 Å². The van der Waals surface area contributed by atoms with Gasteiger partial charge in [-0.15, -0.1) is 0 Å². The molecule has 0 aliphatic carbocycles. The summed E-state index contributed by atoms with van der Waals surface area (Å²) in [6.07, 6.45) is 0. The Hall–Kier alpha value is -8.20. The Bertz CT molecular complexity index is 3220. The Balaban J connectivity index is 0.986. The number of fused-ring (bicyclic) bond motifs is 3. The number of para-hydroxylation sites is 2. The van der Waals surface area contributed by atoms with Crippen LogP contribution in [0.3, 0.4) is 0 Å². The minimum absolute atomic E-state index is 1.09. The van der Waals surface area contributed by atoms with Gasteiger partial charge in [-0.25, -0.2) is 0 Å². The lowest BCUT2D eigenvalue weighted by Crippen LogP contribution is -2.09. The van der Waals surface area contributed by atoms with E-state index >= 15 is 0 Å². The molecule has 1 heterocycles. The zero-order chi connectivity index (χ0) is 41.2. The summed E-state index contributed by atoms with van der Waals surface area (Å²) < 4.78 is 2.41. The zero-order valence-corrected chi connectivity index (χ0v) is 34.1. The topological polar surface area (TPSA) is 8.17 Å². The third kappa shape index (κ3) is 7.04. The quantitative estimate of drug-likeness (QED) is 0.141. The molecule has 0 saturated heterocycles. The average Bonchev–Trinajstić information content (AvgIpc) is 3.70. The van der Waals surface area contributed by atoms with Crippen LogP contribution in [0.1, 0.15) is 0 Å². The number of rotatable bonds is 9. The Kier molecular flexibility index (Phi) is 9.57. The van der Waals surface area contributed by atoms with Gasteiger partial charge in [-0.3, -0.25) is 0 Å². The van der Waals surface area contributed by atoms with Gasteiger partial charge in [0.15, 0.2) is 0 Å². The highest BCUT2D eigenvalue weighted by Gasteiger charge is 2.17. The van der Waals surface area contributed by atoms with E-state index in [4.69, 9.17) is 0 Å². The number of anilines is 3. The van der Waals surface area contributed by atoms with Crippen molar-refractivity contribution in [3.63, 3.8) is 0 Å². The average molecular weight is 791 g/mol. The molecule has 0 N–H and O–H groups in total. The van der Waals surface area contributed by atoms with Crippen LogP contribution in [0, 0.1) is 0 Å². The van der Waals surface area contributed by atoms with Crippen LogP contribution in [0.2, 0.25) is 0 Å². The van der Waals surface area contributed by atoms with Crippen molar-refractivity contribution in [2.75, 3.05) is 4.90 Å². The maximum atomic E-state index is 2.41. The third-order valence-corrected chi connectivity index (χ3v) is 12.0. The van der Waals surface area contributed by atoms with Crippen LogP contribution < -0.4 is 4.90 Å². The van der Waals surface area contributed by atoms with Gasteiger partial charge in [0, 0.05) is 33.5 Å². The Morgan fingerprint density at radius 3 is 0.871 bits per heavy atom. The number of hydrogen-bond acceptors (Lipinski definition) is 1.